The van der Waals surface area contributed by atoms with E-state index in [0.29, 0.717) is 11.1 Å². The highest BCUT2D eigenvalue weighted by molar-refractivity contribution is 5.97. The van der Waals surface area contributed by atoms with Crippen LogP contribution >= 0.6 is 0 Å². The minimum atomic E-state index is -1.02. The molecule has 0 spiro atoms. The van der Waals surface area contributed by atoms with E-state index in [1.54, 1.807) is 30.6 Å². The Balaban J connectivity index is 1.51. The van der Waals surface area contributed by atoms with Crippen LogP contribution in [-0.4, -0.2) is 29.5 Å². The van der Waals surface area contributed by atoms with Gasteiger partial charge in [-0.05, 0) is 37.1 Å². The van der Waals surface area contributed by atoms with Gasteiger partial charge < -0.3 is 14.8 Å². The first-order chi connectivity index (χ1) is 14.2. The Hall–Kier alpha value is -3.15. The maximum absolute atomic E-state index is 13.0. The Labute approximate surface area is 169 Å². The van der Waals surface area contributed by atoms with Crippen molar-refractivity contribution < 1.29 is 19.1 Å². The van der Waals surface area contributed by atoms with E-state index in [1.165, 1.54) is 6.42 Å². The van der Waals surface area contributed by atoms with Crippen LogP contribution in [0.4, 0.5) is 0 Å². The Morgan fingerprint density at radius 2 is 1.83 bits per heavy atom. The van der Waals surface area contributed by atoms with E-state index in [-0.39, 0.29) is 18.6 Å². The number of carbonyl (C=O) groups is 2. The van der Waals surface area contributed by atoms with E-state index < -0.39 is 12.1 Å². The van der Waals surface area contributed by atoms with Crippen LogP contribution < -0.4 is 10.1 Å². The molecule has 1 atom stereocenters. The predicted molar refractivity (Wildman–Crippen MR) is 108 cm³/mol. The van der Waals surface area contributed by atoms with Crippen LogP contribution in [0.2, 0.25) is 0 Å². The number of nitrogens with zero attached hydrogens (tertiary/aromatic N) is 1. The first-order valence-electron chi connectivity index (χ1n) is 10.0. The van der Waals surface area contributed by atoms with Crippen molar-refractivity contribution in [1.82, 2.24) is 10.3 Å². The topological polar surface area (TPSA) is 77.5 Å². The summed E-state index contributed by atoms with van der Waals surface area (Å²) in [5.41, 5.74) is 1.80. The monoisotopic (exact) mass is 392 g/mol. The van der Waals surface area contributed by atoms with Gasteiger partial charge in [-0.2, -0.15) is 0 Å². The van der Waals surface area contributed by atoms with Crippen molar-refractivity contribution in [1.29, 1.82) is 0 Å². The van der Waals surface area contributed by atoms with Crippen molar-refractivity contribution in [2.75, 3.05) is 6.61 Å². The normalized spacial score (nSPS) is 17.3. The van der Waals surface area contributed by atoms with E-state index in [4.69, 9.17) is 9.47 Å². The molecule has 29 heavy (non-hydrogen) atoms. The minimum absolute atomic E-state index is 0.114. The molecule has 1 N–H and O–H groups in total. The smallest absolute Gasteiger partial charge is 0.338 e. The second kappa shape index (κ2) is 8.90. The lowest BCUT2D eigenvalue weighted by atomic mass is 9.95. The fraction of sp³-hybridized carbons (Fsp3) is 0.348. The number of hydrogen-bond donors (Lipinski definition) is 1. The summed E-state index contributed by atoms with van der Waals surface area (Å²) in [7, 11) is 0. The summed E-state index contributed by atoms with van der Waals surface area (Å²) in [6, 6.07) is 11.0. The summed E-state index contributed by atoms with van der Waals surface area (Å²) >= 11 is 0. The fourth-order valence-electron chi connectivity index (χ4n) is 3.75. The van der Waals surface area contributed by atoms with Crippen LogP contribution in [-0.2, 0) is 14.3 Å². The highest BCUT2D eigenvalue weighted by atomic mass is 16.6. The van der Waals surface area contributed by atoms with Gasteiger partial charge in [0.2, 0.25) is 6.10 Å². The quantitative estimate of drug-likeness (QED) is 0.787. The summed E-state index contributed by atoms with van der Waals surface area (Å²) in [5.74, 6) is -0.126. The van der Waals surface area contributed by atoms with Gasteiger partial charge in [-0.3, -0.25) is 9.78 Å². The van der Waals surface area contributed by atoms with Crippen molar-refractivity contribution in [2.24, 2.45) is 0 Å². The number of ether oxygens (including phenoxy) is 2. The van der Waals surface area contributed by atoms with Crippen LogP contribution in [0.15, 0.2) is 54.4 Å². The van der Waals surface area contributed by atoms with Crippen LogP contribution in [0.1, 0.15) is 49.3 Å². The second-order valence-corrected chi connectivity index (χ2v) is 7.41. The first-order valence-corrected chi connectivity index (χ1v) is 10.0. The third kappa shape index (κ3) is 4.65. The maximum atomic E-state index is 13.0. The molecule has 6 nitrogen and oxygen atoms in total. The average molecular weight is 392 g/mol. The van der Waals surface area contributed by atoms with E-state index in [9.17, 15) is 9.59 Å². The summed E-state index contributed by atoms with van der Waals surface area (Å²) in [4.78, 5) is 29.8. The predicted octanol–water partition coefficient (Wildman–Crippen LogP) is 3.59. The summed E-state index contributed by atoms with van der Waals surface area (Å²) in [5, 5.41) is 3.05. The Morgan fingerprint density at radius 1 is 1.07 bits per heavy atom. The molecule has 1 aliphatic carbocycles. The number of hydrogen-bond acceptors (Lipinski definition) is 5. The van der Waals surface area contributed by atoms with Crippen molar-refractivity contribution >= 4 is 18.0 Å². The number of fused-ring (bicyclic) bond motifs is 1. The molecule has 0 bridgehead atoms. The molecule has 2 heterocycles. The van der Waals surface area contributed by atoms with E-state index >= 15 is 0 Å². The Kier molecular flexibility index (Phi) is 5.89. The molecular weight excluding hydrogens is 368 g/mol. The van der Waals surface area contributed by atoms with Crippen LogP contribution in [0.25, 0.3) is 6.08 Å². The molecule has 0 radical (unpaired) electrons. The third-order valence-corrected chi connectivity index (χ3v) is 5.32. The maximum Gasteiger partial charge on any atom is 0.338 e. The Bertz CT molecular complexity index is 904. The highest BCUT2D eigenvalue weighted by Crippen LogP contribution is 2.28. The zero-order chi connectivity index (χ0) is 20.1. The summed E-state index contributed by atoms with van der Waals surface area (Å²) in [6.45, 7) is 0.114. The van der Waals surface area contributed by atoms with Gasteiger partial charge in [-0.25, -0.2) is 4.79 Å². The fourth-order valence-corrected chi connectivity index (χ4v) is 3.75. The molecule has 150 valence electrons. The zero-order valence-electron chi connectivity index (χ0n) is 16.2. The zero-order valence-corrected chi connectivity index (χ0v) is 16.2. The number of rotatable bonds is 5. The third-order valence-electron chi connectivity index (χ3n) is 5.32. The van der Waals surface area contributed by atoms with Crippen LogP contribution in [0.5, 0.6) is 5.75 Å². The van der Waals surface area contributed by atoms with Gasteiger partial charge in [-0.1, -0.05) is 37.5 Å². The number of aromatic nitrogens is 1. The van der Waals surface area contributed by atoms with E-state index in [2.05, 4.69) is 10.3 Å². The molecule has 1 aromatic carbocycles. The average Bonchev–Trinajstić information content (AvgIpc) is 2.78. The van der Waals surface area contributed by atoms with Crippen molar-refractivity contribution in [3.63, 3.8) is 0 Å². The van der Waals surface area contributed by atoms with Crippen LogP contribution in [0.3, 0.4) is 0 Å². The van der Waals surface area contributed by atoms with Gasteiger partial charge in [0.25, 0.3) is 5.91 Å². The number of carbonyl (C=O) groups excluding carboxylic acids is 2. The molecule has 1 fully saturated rings. The SMILES string of the molecule is O=C(OC(C(=O)NC1CCCCC1)c1ccncc1)C1=Cc2ccccc2OC1. The number of pyridine rings is 1. The number of nitrogens with one attached hydrogen (secondary N) is 1. The lowest BCUT2D eigenvalue weighted by molar-refractivity contribution is -0.153. The van der Waals surface area contributed by atoms with Gasteiger partial charge in [0.05, 0.1) is 5.57 Å². The second-order valence-electron chi connectivity index (χ2n) is 7.41. The number of esters is 1. The van der Waals surface area contributed by atoms with Gasteiger partial charge in [0.1, 0.15) is 12.4 Å². The van der Waals surface area contributed by atoms with Gasteiger partial charge >= 0.3 is 5.97 Å². The minimum Gasteiger partial charge on any atom is -0.488 e. The lowest BCUT2D eigenvalue weighted by Crippen LogP contribution is -2.40. The molecule has 1 amide bonds. The number of amides is 1. The largest absolute Gasteiger partial charge is 0.488 e. The van der Waals surface area contributed by atoms with Gasteiger partial charge in [0, 0.05) is 29.6 Å². The van der Waals surface area contributed by atoms with Crippen molar-refractivity contribution in [2.45, 2.75) is 44.2 Å². The van der Waals surface area contributed by atoms with Gasteiger partial charge in [-0.15, -0.1) is 0 Å². The molecular formula is C23H24N2O4. The van der Waals surface area contributed by atoms with Crippen molar-refractivity contribution in [3.8, 4) is 5.75 Å². The standard InChI is InChI=1S/C23H24N2O4/c26-22(25-19-7-2-1-3-8-19)21(16-10-12-24-13-11-16)29-23(27)18-14-17-6-4-5-9-20(17)28-15-18/h4-6,9-14,19,21H,1-3,7-8,15H2,(H,25,26). The van der Waals surface area contributed by atoms with E-state index in [1.807, 2.05) is 24.3 Å². The molecule has 2 aliphatic rings. The van der Waals surface area contributed by atoms with Crippen LogP contribution in [0, 0.1) is 0 Å². The lowest BCUT2D eigenvalue weighted by Gasteiger charge is -2.26. The Morgan fingerprint density at radius 3 is 2.62 bits per heavy atom. The molecule has 4 rings (SSSR count). The summed E-state index contributed by atoms with van der Waals surface area (Å²) in [6.07, 6.45) is 9.23. The summed E-state index contributed by atoms with van der Waals surface area (Å²) < 4.78 is 11.3. The molecule has 2 aromatic rings. The van der Waals surface area contributed by atoms with E-state index in [0.717, 1.165) is 37.0 Å². The number of benzene rings is 1. The number of para-hydroxylation sites is 1. The first kappa shape index (κ1) is 19.2. The molecule has 1 aromatic heterocycles. The molecule has 0 saturated heterocycles. The molecule has 1 saturated carbocycles. The van der Waals surface area contributed by atoms with Crippen molar-refractivity contribution in [3.05, 3.63) is 65.5 Å². The van der Waals surface area contributed by atoms with Gasteiger partial charge in [0.15, 0.2) is 0 Å². The molecule has 1 unspecified atom stereocenters. The highest BCUT2D eigenvalue weighted by Gasteiger charge is 2.29. The molecule has 1 aliphatic heterocycles. The molecule has 6 heteroatoms.